The molecule has 0 aliphatic heterocycles. The third-order valence-corrected chi connectivity index (χ3v) is 3.41. The Morgan fingerprint density at radius 2 is 1.83 bits per heavy atom. The second kappa shape index (κ2) is 4.09. The second-order valence-electron chi connectivity index (χ2n) is 3.50. The largest absolute Gasteiger partial charge is 0.475 e. The summed E-state index contributed by atoms with van der Waals surface area (Å²) in [7, 11) is 0. The van der Waals surface area contributed by atoms with Crippen LogP contribution in [0.1, 0.15) is 15.2 Å². The van der Waals surface area contributed by atoms with E-state index < -0.39 is 22.8 Å². The van der Waals surface area contributed by atoms with Gasteiger partial charge in [0.05, 0.1) is 0 Å². The van der Waals surface area contributed by atoms with Crippen LogP contribution in [-0.4, -0.2) is 16.9 Å². The van der Waals surface area contributed by atoms with E-state index in [1.807, 2.05) is 0 Å². The number of halogens is 3. The van der Waals surface area contributed by atoms with Gasteiger partial charge in [0.25, 0.3) is 5.78 Å². The van der Waals surface area contributed by atoms with Gasteiger partial charge in [-0.3, -0.25) is 4.79 Å². The molecule has 0 spiro atoms. The molecule has 2 rings (SSSR count). The molecule has 0 saturated heterocycles. The molecule has 1 heterocycles. The highest BCUT2D eigenvalue weighted by molar-refractivity contribution is 7.19. The molecule has 0 unspecified atom stereocenters. The van der Waals surface area contributed by atoms with Gasteiger partial charge in [0.1, 0.15) is 4.88 Å². The number of alkyl halides is 3. The molecule has 7 heteroatoms. The lowest BCUT2D eigenvalue weighted by Gasteiger charge is -1.99. The van der Waals surface area contributed by atoms with E-state index in [2.05, 4.69) is 0 Å². The van der Waals surface area contributed by atoms with E-state index in [-0.39, 0.29) is 10.9 Å². The molecule has 3 nitrogen and oxygen atoms in total. The Kier molecular flexibility index (Phi) is 2.86. The van der Waals surface area contributed by atoms with Gasteiger partial charge in [-0.15, -0.1) is 11.3 Å². The third kappa shape index (κ3) is 2.21. The molecule has 0 atom stereocenters. The van der Waals surface area contributed by atoms with Crippen LogP contribution in [0, 0.1) is 0 Å². The van der Waals surface area contributed by atoms with Crippen molar-refractivity contribution in [3.8, 4) is 0 Å². The molecule has 18 heavy (non-hydrogen) atoms. The summed E-state index contributed by atoms with van der Waals surface area (Å²) in [5.74, 6) is -2.78. The van der Waals surface area contributed by atoms with Crippen molar-refractivity contribution in [2.45, 2.75) is 6.18 Å². The summed E-state index contributed by atoms with van der Waals surface area (Å²) in [6, 6.07) is 4.57. The number of aliphatic carboxylic acids is 1. The van der Waals surface area contributed by atoms with Gasteiger partial charge in [0, 0.05) is 10.3 Å². The summed E-state index contributed by atoms with van der Waals surface area (Å²) in [4.78, 5) is 20.9. The monoisotopic (exact) mass is 274 g/mol. The zero-order valence-corrected chi connectivity index (χ0v) is 9.43. The van der Waals surface area contributed by atoms with Crippen LogP contribution in [-0.2, 0) is 11.0 Å². The minimum Gasteiger partial charge on any atom is -0.475 e. The highest BCUT2D eigenvalue weighted by atomic mass is 32.1. The molecule has 0 saturated carbocycles. The van der Waals surface area contributed by atoms with Crippen LogP contribution in [0.3, 0.4) is 0 Å². The van der Waals surface area contributed by atoms with Crippen molar-refractivity contribution in [2.75, 3.05) is 0 Å². The average Bonchev–Trinajstić information content (AvgIpc) is 2.69. The summed E-state index contributed by atoms with van der Waals surface area (Å²) >= 11 is 0.549. The van der Waals surface area contributed by atoms with E-state index in [0.29, 0.717) is 16.0 Å². The smallest absolute Gasteiger partial charge is 0.425 e. The van der Waals surface area contributed by atoms with Crippen molar-refractivity contribution in [2.24, 2.45) is 0 Å². The number of carbonyl (C=O) groups excluding carboxylic acids is 1. The first kappa shape index (κ1) is 12.6. The SMILES string of the molecule is O=C(O)C(=O)c1ccc2sc(C(F)(F)F)cc2c1. The number of hydrogen-bond donors (Lipinski definition) is 1. The predicted octanol–water partition coefficient (Wildman–Crippen LogP) is 3.19. The Morgan fingerprint density at radius 1 is 1.17 bits per heavy atom. The van der Waals surface area contributed by atoms with Gasteiger partial charge in [-0.25, -0.2) is 4.79 Å². The first-order valence-corrected chi connectivity index (χ1v) is 5.49. The Morgan fingerprint density at radius 3 is 2.39 bits per heavy atom. The highest BCUT2D eigenvalue weighted by Gasteiger charge is 2.32. The van der Waals surface area contributed by atoms with Crippen molar-refractivity contribution in [3.05, 3.63) is 34.7 Å². The average molecular weight is 274 g/mol. The molecule has 1 N–H and O–H groups in total. The number of carboxylic acid groups (broad SMARTS) is 1. The van der Waals surface area contributed by atoms with Crippen LogP contribution in [0.15, 0.2) is 24.3 Å². The van der Waals surface area contributed by atoms with Crippen molar-refractivity contribution in [3.63, 3.8) is 0 Å². The minimum atomic E-state index is -4.44. The fraction of sp³-hybridized carbons (Fsp3) is 0.0909. The maximum atomic E-state index is 12.5. The number of rotatable bonds is 2. The highest BCUT2D eigenvalue weighted by Crippen LogP contribution is 2.38. The summed E-state index contributed by atoms with van der Waals surface area (Å²) < 4.78 is 37.7. The van der Waals surface area contributed by atoms with E-state index in [1.165, 1.54) is 12.1 Å². The molecule has 0 bridgehead atoms. The third-order valence-electron chi connectivity index (χ3n) is 2.25. The number of thiophene rings is 1. The Bertz CT molecular complexity index is 643. The standard InChI is InChI=1S/C11H5F3O3S/c12-11(13,14)8-4-6-3-5(9(15)10(16)17)1-2-7(6)18-8/h1-4H,(H,16,17). The molecule has 1 aromatic carbocycles. The zero-order valence-electron chi connectivity index (χ0n) is 8.62. The maximum Gasteiger partial charge on any atom is 0.425 e. The van der Waals surface area contributed by atoms with Gasteiger partial charge in [0.2, 0.25) is 0 Å². The van der Waals surface area contributed by atoms with Gasteiger partial charge in [-0.05, 0) is 29.7 Å². The van der Waals surface area contributed by atoms with E-state index in [4.69, 9.17) is 5.11 Å². The van der Waals surface area contributed by atoms with Crippen LogP contribution < -0.4 is 0 Å². The number of ketones is 1. The molecule has 0 radical (unpaired) electrons. The lowest BCUT2D eigenvalue weighted by atomic mass is 10.1. The zero-order chi connectivity index (χ0) is 13.5. The summed E-state index contributed by atoms with van der Waals surface area (Å²) in [6.07, 6.45) is -4.44. The van der Waals surface area contributed by atoms with Gasteiger partial charge in [-0.1, -0.05) is 0 Å². The molecular weight excluding hydrogens is 269 g/mol. The summed E-state index contributed by atoms with van der Waals surface area (Å²) in [6.45, 7) is 0. The fourth-order valence-corrected chi connectivity index (χ4v) is 2.36. The molecule has 0 fully saturated rings. The molecule has 2 aromatic rings. The van der Waals surface area contributed by atoms with Gasteiger partial charge >= 0.3 is 12.1 Å². The first-order valence-electron chi connectivity index (χ1n) is 4.67. The Hall–Kier alpha value is -1.89. The summed E-state index contributed by atoms with van der Waals surface area (Å²) in [5.41, 5.74) is -0.137. The van der Waals surface area contributed by atoms with Crippen LogP contribution in [0.25, 0.3) is 10.1 Å². The number of hydrogen-bond acceptors (Lipinski definition) is 3. The Balaban J connectivity index is 2.53. The van der Waals surface area contributed by atoms with Gasteiger partial charge in [0.15, 0.2) is 0 Å². The van der Waals surface area contributed by atoms with Crippen LogP contribution in [0.2, 0.25) is 0 Å². The van der Waals surface area contributed by atoms with E-state index >= 15 is 0 Å². The molecule has 0 aliphatic carbocycles. The predicted molar refractivity (Wildman–Crippen MR) is 58.8 cm³/mol. The number of benzene rings is 1. The molecule has 94 valence electrons. The molecule has 0 aliphatic rings. The molecular formula is C11H5F3O3S. The van der Waals surface area contributed by atoms with Gasteiger partial charge < -0.3 is 5.11 Å². The van der Waals surface area contributed by atoms with Crippen LogP contribution in [0.5, 0.6) is 0 Å². The van der Waals surface area contributed by atoms with E-state index in [1.54, 1.807) is 0 Å². The van der Waals surface area contributed by atoms with E-state index in [9.17, 15) is 22.8 Å². The molecule has 0 amide bonds. The van der Waals surface area contributed by atoms with Crippen molar-refractivity contribution >= 4 is 33.2 Å². The quantitative estimate of drug-likeness (QED) is 0.676. The van der Waals surface area contributed by atoms with E-state index in [0.717, 1.165) is 12.1 Å². The second-order valence-corrected chi connectivity index (χ2v) is 4.58. The number of carbonyl (C=O) groups is 2. The van der Waals surface area contributed by atoms with Crippen LogP contribution >= 0.6 is 11.3 Å². The lowest BCUT2D eigenvalue weighted by molar-refractivity contribution is -0.134. The maximum absolute atomic E-state index is 12.5. The normalized spacial score (nSPS) is 11.7. The Labute approximate surface area is 102 Å². The fourth-order valence-electron chi connectivity index (χ4n) is 1.45. The van der Waals surface area contributed by atoms with Gasteiger partial charge in [-0.2, -0.15) is 13.2 Å². The number of fused-ring (bicyclic) bond motifs is 1. The molecule has 1 aromatic heterocycles. The first-order chi connectivity index (χ1) is 8.29. The number of carboxylic acids is 1. The van der Waals surface area contributed by atoms with Crippen LogP contribution in [0.4, 0.5) is 13.2 Å². The summed E-state index contributed by atoms with van der Waals surface area (Å²) in [5, 5.41) is 8.72. The lowest BCUT2D eigenvalue weighted by Crippen LogP contribution is -2.12. The minimum absolute atomic E-state index is 0.137. The van der Waals surface area contributed by atoms with Crippen molar-refractivity contribution in [1.82, 2.24) is 0 Å². The topological polar surface area (TPSA) is 54.4 Å². The van der Waals surface area contributed by atoms with Crippen molar-refractivity contribution in [1.29, 1.82) is 0 Å². The number of Topliss-reactive ketones (excluding diaryl/α,β-unsaturated/α-hetero) is 1. The van der Waals surface area contributed by atoms with Crippen molar-refractivity contribution < 1.29 is 27.9 Å².